The summed E-state index contributed by atoms with van der Waals surface area (Å²) in [4.78, 5) is 2.51. The summed E-state index contributed by atoms with van der Waals surface area (Å²) < 4.78 is 0. The molecule has 2 rings (SSSR count). The predicted octanol–water partition coefficient (Wildman–Crippen LogP) is 1.24. The lowest BCUT2D eigenvalue weighted by molar-refractivity contribution is -0.0521. The summed E-state index contributed by atoms with van der Waals surface area (Å²) in [5.41, 5.74) is 0.736. The van der Waals surface area contributed by atoms with E-state index in [1.54, 1.807) is 0 Å². The zero-order valence-electron chi connectivity index (χ0n) is 5.48. The van der Waals surface area contributed by atoms with E-state index in [4.69, 9.17) is 0 Å². The summed E-state index contributed by atoms with van der Waals surface area (Å²) in [6.07, 6.45) is 5.90. The lowest BCUT2D eigenvalue weighted by atomic mass is 9.68. The van der Waals surface area contributed by atoms with E-state index in [1.807, 2.05) is 0 Å². The molecule has 0 unspecified atom stereocenters. The van der Waals surface area contributed by atoms with Gasteiger partial charge >= 0.3 is 0 Å². The van der Waals surface area contributed by atoms with Crippen LogP contribution < -0.4 is 0 Å². The maximum absolute atomic E-state index is 2.51. The van der Waals surface area contributed by atoms with Crippen LogP contribution in [0.3, 0.4) is 0 Å². The fourth-order valence-corrected chi connectivity index (χ4v) is 1.87. The van der Waals surface area contributed by atoms with Gasteiger partial charge in [0, 0.05) is 12.1 Å². The Bertz CT molecular complexity index is 99.4. The van der Waals surface area contributed by atoms with Crippen molar-refractivity contribution < 1.29 is 0 Å². The number of hydrogen-bond donors (Lipinski definition) is 0. The molecule has 0 bridgehead atoms. The number of rotatable bonds is 0. The van der Waals surface area contributed by atoms with Crippen molar-refractivity contribution in [2.45, 2.75) is 31.2 Å². The van der Waals surface area contributed by atoms with Gasteiger partial charge in [-0.15, -0.1) is 0 Å². The van der Waals surface area contributed by atoms with Gasteiger partial charge in [0.25, 0.3) is 0 Å². The Balaban J connectivity index is 2.03. The van der Waals surface area contributed by atoms with Crippen LogP contribution in [0.5, 0.6) is 0 Å². The highest BCUT2D eigenvalue weighted by Crippen LogP contribution is 2.45. The van der Waals surface area contributed by atoms with Crippen LogP contribution in [0.25, 0.3) is 0 Å². The van der Waals surface area contributed by atoms with Gasteiger partial charge in [-0.1, -0.05) is 0 Å². The Morgan fingerprint density at radius 1 is 1.25 bits per heavy atom. The van der Waals surface area contributed by atoms with Crippen molar-refractivity contribution in [3.05, 3.63) is 0 Å². The van der Waals surface area contributed by atoms with Crippen molar-refractivity contribution in [2.75, 3.05) is 13.6 Å². The summed E-state index contributed by atoms with van der Waals surface area (Å²) in [5, 5.41) is 0. The fraction of sp³-hybridized carbons (Fsp3) is 1.00. The zero-order chi connectivity index (χ0) is 5.61. The quantitative estimate of drug-likeness (QED) is 0.454. The first-order valence-corrected chi connectivity index (χ1v) is 3.55. The number of hydrogen-bond acceptors (Lipinski definition) is 1. The third-order valence-electron chi connectivity index (χ3n) is 3.01. The number of likely N-dealkylation sites (tertiary alicyclic amines) is 1. The summed E-state index contributed by atoms with van der Waals surface area (Å²) in [6, 6.07) is 0. The molecule has 0 radical (unpaired) electrons. The Morgan fingerprint density at radius 2 is 2.00 bits per heavy atom. The third-order valence-corrected chi connectivity index (χ3v) is 3.01. The highest BCUT2D eigenvalue weighted by atomic mass is 15.2. The van der Waals surface area contributed by atoms with Gasteiger partial charge < -0.3 is 4.90 Å². The molecule has 2 aliphatic rings. The molecule has 46 valence electrons. The van der Waals surface area contributed by atoms with E-state index in [0.29, 0.717) is 0 Å². The first-order valence-electron chi connectivity index (χ1n) is 3.55. The molecule has 0 aromatic carbocycles. The van der Waals surface area contributed by atoms with E-state index in [9.17, 15) is 0 Å². The topological polar surface area (TPSA) is 3.24 Å². The van der Waals surface area contributed by atoms with Crippen LogP contribution in [-0.2, 0) is 0 Å². The molecule has 1 heteroatoms. The molecule has 8 heavy (non-hydrogen) atoms. The van der Waals surface area contributed by atoms with Gasteiger partial charge in [0.2, 0.25) is 0 Å². The van der Waals surface area contributed by atoms with Crippen molar-refractivity contribution in [3.8, 4) is 0 Å². The number of nitrogens with zero attached hydrogens (tertiary/aromatic N) is 1. The molecule has 1 spiro atoms. The smallest absolute Gasteiger partial charge is 0.0218 e. The van der Waals surface area contributed by atoms with E-state index >= 15 is 0 Å². The van der Waals surface area contributed by atoms with Crippen molar-refractivity contribution in [2.24, 2.45) is 0 Å². The minimum absolute atomic E-state index is 0.736. The molecule has 0 amide bonds. The Morgan fingerprint density at radius 3 is 2.00 bits per heavy atom. The van der Waals surface area contributed by atoms with Gasteiger partial charge in [-0.05, 0) is 32.7 Å². The molecular weight excluding hydrogens is 98.1 g/mol. The molecule has 0 N–H and O–H groups in total. The van der Waals surface area contributed by atoms with E-state index in [0.717, 1.165) is 5.54 Å². The lowest BCUT2D eigenvalue weighted by Crippen LogP contribution is -2.61. The van der Waals surface area contributed by atoms with Crippen molar-refractivity contribution in [1.29, 1.82) is 0 Å². The van der Waals surface area contributed by atoms with Crippen LogP contribution in [0.1, 0.15) is 25.7 Å². The van der Waals surface area contributed by atoms with E-state index in [1.165, 1.54) is 32.2 Å². The summed E-state index contributed by atoms with van der Waals surface area (Å²) in [5.74, 6) is 0. The molecule has 1 heterocycles. The Hall–Kier alpha value is -0.0400. The third kappa shape index (κ3) is 0.368. The second-order valence-corrected chi connectivity index (χ2v) is 3.25. The molecule has 0 aromatic heterocycles. The predicted molar refractivity (Wildman–Crippen MR) is 33.8 cm³/mol. The van der Waals surface area contributed by atoms with Gasteiger partial charge in [0.05, 0.1) is 0 Å². The fourth-order valence-electron chi connectivity index (χ4n) is 1.87. The van der Waals surface area contributed by atoms with Gasteiger partial charge in [-0.3, -0.25) is 0 Å². The molecule has 0 aromatic rings. The van der Waals surface area contributed by atoms with Crippen LogP contribution in [0.2, 0.25) is 0 Å². The molecule has 1 saturated heterocycles. The van der Waals surface area contributed by atoms with Crippen LogP contribution >= 0.6 is 0 Å². The second kappa shape index (κ2) is 1.27. The van der Waals surface area contributed by atoms with E-state index in [2.05, 4.69) is 11.9 Å². The average molecular weight is 111 g/mol. The maximum Gasteiger partial charge on any atom is 0.0218 e. The van der Waals surface area contributed by atoms with Crippen LogP contribution in [0.4, 0.5) is 0 Å². The standard InChI is InChI=1S/C7H13N/c1-8-6-5-7(8)3-2-4-7/h2-6H2,1H3. The molecule has 0 atom stereocenters. The van der Waals surface area contributed by atoms with Crippen LogP contribution in [0.15, 0.2) is 0 Å². The van der Waals surface area contributed by atoms with Crippen LogP contribution in [-0.4, -0.2) is 24.0 Å². The molecular formula is C7H13N. The summed E-state index contributed by atoms with van der Waals surface area (Å²) in [7, 11) is 2.25. The van der Waals surface area contributed by atoms with Crippen molar-refractivity contribution in [3.63, 3.8) is 0 Å². The summed E-state index contributed by atoms with van der Waals surface area (Å²) >= 11 is 0. The largest absolute Gasteiger partial charge is 0.301 e. The van der Waals surface area contributed by atoms with Crippen molar-refractivity contribution >= 4 is 0 Å². The van der Waals surface area contributed by atoms with Gasteiger partial charge in [-0.25, -0.2) is 0 Å². The summed E-state index contributed by atoms with van der Waals surface area (Å²) in [6.45, 7) is 1.35. The van der Waals surface area contributed by atoms with Gasteiger partial charge in [-0.2, -0.15) is 0 Å². The molecule has 1 nitrogen and oxygen atoms in total. The Labute approximate surface area is 50.7 Å². The highest BCUT2D eigenvalue weighted by Gasteiger charge is 2.46. The maximum atomic E-state index is 2.51. The van der Waals surface area contributed by atoms with Crippen LogP contribution in [0, 0.1) is 0 Å². The monoisotopic (exact) mass is 111 g/mol. The van der Waals surface area contributed by atoms with Crippen molar-refractivity contribution in [1.82, 2.24) is 4.90 Å². The molecule has 2 fully saturated rings. The first kappa shape index (κ1) is 4.80. The highest BCUT2D eigenvalue weighted by molar-refractivity contribution is 5.03. The minimum Gasteiger partial charge on any atom is -0.301 e. The normalized spacial score (nSPS) is 34.1. The van der Waals surface area contributed by atoms with Gasteiger partial charge in [0.1, 0.15) is 0 Å². The Kier molecular flexibility index (Phi) is 0.762. The second-order valence-electron chi connectivity index (χ2n) is 3.25. The van der Waals surface area contributed by atoms with Gasteiger partial charge in [0.15, 0.2) is 0 Å². The molecule has 1 saturated carbocycles. The molecule has 1 aliphatic carbocycles. The average Bonchev–Trinajstić information content (AvgIpc) is 1.58. The first-order chi connectivity index (χ1) is 3.83. The minimum atomic E-state index is 0.736. The zero-order valence-corrected chi connectivity index (χ0v) is 5.48. The molecule has 1 aliphatic heterocycles. The van der Waals surface area contributed by atoms with E-state index < -0.39 is 0 Å². The van der Waals surface area contributed by atoms with E-state index in [-0.39, 0.29) is 0 Å². The lowest BCUT2D eigenvalue weighted by Gasteiger charge is -2.57. The SMILES string of the molecule is CN1CCC12CCC2.